The number of aromatic amines is 1. The lowest BCUT2D eigenvalue weighted by Gasteiger charge is -2.10. The highest BCUT2D eigenvalue weighted by Crippen LogP contribution is 2.32. The van der Waals surface area contributed by atoms with Crippen molar-refractivity contribution >= 4 is 28.5 Å². The smallest absolute Gasteiger partial charge is 0.252 e. The first-order chi connectivity index (χ1) is 16.1. The van der Waals surface area contributed by atoms with Gasteiger partial charge >= 0.3 is 0 Å². The Bertz CT molecular complexity index is 1240. The molecule has 2 aromatic heterocycles. The van der Waals surface area contributed by atoms with Gasteiger partial charge < -0.3 is 14.8 Å². The third kappa shape index (κ3) is 5.16. The fourth-order valence-electron chi connectivity index (χ4n) is 3.58. The molecule has 0 fully saturated rings. The number of rotatable bonds is 9. The Hall–Kier alpha value is -3.42. The summed E-state index contributed by atoms with van der Waals surface area (Å²) in [6.45, 7) is 3.61. The summed E-state index contributed by atoms with van der Waals surface area (Å²) in [6, 6.07) is 16.8. The number of benzene rings is 2. The fourth-order valence-corrected chi connectivity index (χ4v) is 3.70. The van der Waals surface area contributed by atoms with Crippen LogP contribution in [0.4, 0.5) is 0 Å². The molecule has 0 spiro atoms. The minimum absolute atomic E-state index is 0.192. The van der Waals surface area contributed by atoms with Crippen molar-refractivity contribution in [3.05, 3.63) is 65.2 Å². The predicted octanol–water partition coefficient (Wildman–Crippen LogP) is 5.11. The van der Waals surface area contributed by atoms with Gasteiger partial charge in [-0.15, -0.1) is 0 Å². The zero-order valence-electron chi connectivity index (χ0n) is 18.5. The lowest BCUT2D eigenvalue weighted by atomic mass is 10.0. The molecule has 2 aromatic carbocycles. The van der Waals surface area contributed by atoms with E-state index in [1.54, 1.807) is 25.3 Å². The number of amides is 1. The normalized spacial score (nSPS) is 11.0. The zero-order chi connectivity index (χ0) is 23.2. The van der Waals surface area contributed by atoms with Crippen molar-refractivity contribution in [2.24, 2.45) is 0 Å². The van der Waals surface area contributed by atoms with Gasteiger partial charge in [-0.2, -0.15) is 5.10 Å². The van der Waals surface area contributed by atoms with Crippen LogP contribution in [0.2, 0.25) is 5.02 Å². The number of carbonyl (C=O) groups excluding carboxylic acids is 1. The molecule has 0 aliphatic carbocycles. The molecule has 4 aromatic rings. The molecular formula is C25H25ClN4O3. The zero-order valence-corrected chi connectivity index (χ0v) is 19.3. The minimum Gasteiger partial charge on any atom is -0.494 e. The largest absolute Gasteiger partial charge is 0.494 e. The van der Waals surface area contributed by atoms with Crippen molar-refractivity contribution in [1.82, 2.24) is 20.5 Å². The van der Waals surface area contributed by atoms with Crippen LogP contribution in [-0.2, 0) is 4.74 Å². The molecule has 4 rings (SSSR count). The predicted molar refractivity (Wildman–Crippen MR) is 130 cm³/mol. The van der Waals surface area contributed by atoms with Gasteiger partial charge in [0, 0.05) is 36.4 Å². The number of fused-ring (bicyclic) bond motifs is 1. The number of carbonyl (C=O) groups is 1. The van der Waals surface area contributed by atoms with Crippen LogP contribution in [0, 0.1) is 0 Å². The molecule has 8 heteroatoms. The van der Waals surface area contributed by atoms with E-state index in [2.05, 4.69) is 15.5 Å². The first kappa shape index (κ1) is 22.8. The number of nitrogens with one attached hydrogen (secondary N) is 2. The van der Waals surface area contributed by atoms with Crippen LogP contribution in [0.1, 0.15) is 23.7 Å². The maximum Gasteiger partial charge on any atom is 0.252 e. The third-order valence-corrected chi connectivity index (χ3v) is 5.43. The molecule has 7 nitrogen and oxygen atoms in total. The quantitative estimate of drug-likeness (QED) is 0.336. The first-order valence-corrected chi connectivity index (χ1v) is 11.1. The van der Waals surface area contributed by atoms with E-state index in [1.807, 2.05) is 43.3 Å². The summed E-state index contributed by atoms with van der Waals surface area (Å²) in [5.74, 6) is 0.588. The van der Waals surface area contributed by atoms with E-state index in [4.69, 9.17) is 26.1 Å². The molecule has 0 bridgehead atoms. The molecule has 33 heavy (non-hydrogen) atoms. The highest BCUT2D eigenvalue weighted by Gasteiger charge is 2.20. The summed E-state index contributed by atoms with van der Waals surface area (Å²) >= 11 is 6.05. The highest BCUT2D eigenvalue weighted by atomic mass is 35.5. The highest BCUT2D eigenvalue weighted by molar-refractivity contribution is 6.30. The fraction of sp³-hybridized carbons (Fsp3) is 0.240. The molecule has 0 saturated carbocycles. The first-order valence-electron chi connectivity index (χ1n) is 10.8. The van der Waals surface area contributed by atoms with E-state index in [0.29, 0.717) is 47.1 Å². The molecular weight excluding hydrogens is 440 g/mol. The third-order valence-electron chi connectivity index (χ3n) is 5.17. The Kier molecular flexibility index (Phi) is 7.22. The average Bonchev–Trinajstić information content (AvgIpc) is 3.26. The summed E-state index contributed by atoms with van der Waals surface area (Å²) < 4.78 is 10.6. The Morgan fingerprint density at radius 2 is 1.82 bits per heavy atom. The van der Waals surface area contributed by atoms with E-state index in [0.717, 1.165) is 29.0 Å². The number of pyridine rings is 1. The maximum absolute atomic E-state index is 13.2. The Morgan fingerprint density at radius 3 is 2.52 bits per heavy atom. The SMILES string of the molecule is CCOc1ccc(-c2cc(C(=O)NCCCOC)c3c(-c4ccc(Cl)cc4)[nH]nc3n2)cc1. The molecule has 170 valence electrons. The van der Waals surface area contributed by atoms with Gasteiger partial charge in [0.05, 0.1) is 28.9 Å². The van der Waals surface area contributed by atoms with Gasteiger partial charge in [-0.3, -0.25) is 9.89 Å². The summed E-state index contributed by atoms with van der Waals surface area (Å²) in [7, 11) is 1.64. The summed E-state index contributed by atoms with van der Waals surface area (Å²) in [4.78, 5) is 17.9. The Morgan fingerprint density at radius 1 is 1.09 bits per heavy atom. The number of aromatic nitrogens is 3. The number of hydrogen-bond acceptors (Lipinski definition) is 5. The molecule has 2 N–H and O–H groups in total. The van der Waals surface area contributed by atoms with Crippen molar-refractivity contribution < 1.29 is 14.3 Å². The Labute approximate surface area is 197 Å². The molecule has 1 amide bonds. The van der Waals surface area contributed by atoms with Crippen molar-refractivity contribution in [2.75, 3.05) is 26.9 Å². The van der Waals surface area contributed by atoms with Crippen LogP contribution in [0.5, 0.6) is 5.75 Å². The van der Waals surface area contributed by atoms with E-state index < -0.39 is 0 Å². The van der Waals surface area contributed by atoms with Crippen molar-refractivity contribution in [3.8, 4) is 28.3 Å². The van der Waals surface area contributed by atoms with Gasteiger partial charge in [0.2, 0.25) is 0 Å². The lowest BCUT2D eigenvalue weighted by Crippen LogP contribution is -2.25. The second kappa shape index (κ2) is 10.5. The number of nitrogens with zero attached hydrogens (tertiary/aromatic N) is 2. The van der Waals surface area contributed by atoms with Crippen LogP contribution in [0.3, 0.4) is 0 Å². The van der Waals surface area contributed by atoms with E-state index >= 15 is 0 Å². The van der Waals surface area contributed by atoms with Gasteiger partial charge in [0.1, 0.15) is 5.75 Å². The van der Waals surface area contributed by atoms with Crippen LogP contribution < -0.4 is 10.1 Å². The number of halogens is 1. The summed E-state index contributed by atoms with van der Waals surface area (Å²) in [5, 5.41) is 11.7. The standard InChI is InChI=1S/C25H25ClN4O3/c1-3-33-19-11-7-16(8-12-19)21-15-20(25(31)27-13-4-14-32-2)22-23(29-30-24(22)28-21)17-5-9-18(26)10-6-17/h5-12,15H,3-4,13-14H2,1-2H3,(H,27,31)(H,28,29,30). The van der Waals surface area contributed by atoms with Crippen LogP contribution in [0.15, 0.2) is 54.6 Å². The van der Waals surface area contributed by atoms with Gasteiger partial charge in [-0.05, 0) is 55.8 Å². The van der Waals surface area contributed by atoms with Crippen LogP contribution in [-0.4, -0.2) is 48.0 Å². The van der Waals surface area contributed by atoms with Crippen molar-refractivity contribution in [3.63, 3.8) is 0 Å². The van der Waals surface area contributed by atoms with Gasteiger partial charge in [0.25, 0.3) is 5.91 Å². The van der Waals surface area contributed by atoms with Gasteiger partial charge in [-0.1, -0.05) is 23.7 Å². The van der Waals surface area contributed by atoms with E-state index in [9.17, 15) is 4.79 Å². The second-order valence-corrected chi connectivity index (χ2v) is 7.86. The Balaban J connectivity index is 1.78. The van der Waals surface area contributed by atoms with E-state index in [-0.39, 0.29) is 5.91 Å². The van der Waals surface area contributed by atoms with Gasteiger partial charge in [0.15, 0.2) is 5.65 Å². The van der Waals surface area contributed by atoms with Gasteiger partial charge in [-0.25, -0.2) is 4.98 Å². The van der Waals surface area contributed by atoms with Crippen LogP contribution in [0.25, 0.3) is 33.5 Å². The molecule has 2 heterocycles. The van der Waals surface area contributed by atoms with E-state index in [1.165, 1.54) is 0 Å². The summed E-state index contributed by atoms with van der Waals surface area (Å²) in [5.41, 5.74) is 4.07. The van der Waals surface area contributed by atoms with Crippen molar-refractivity contribution in [2.45, 2.75) is 13.3 Å². The maximum atomic E-state index is 13.2. The molecule has 0 atom stereocenters. The number of hydrogen-bond donors (Lipinski definition) is 2. The number of ether oxygens (including phenoxy) is 2. The number of H-pyrrole nitrogens is 1. The molecule has 0 aliphatic rings. The monoisotopic (exact) mass is 464 g/mol. The lowest BCUT2D eigenvalue weighted by molar-refractivity contribution is 0.0950. The minimum atomic E-state index is -0.192. The van der Waals surface area contributed by atoms with Crippen molar-refractivity contribution in [1.29, 1.82) is 0 Å². The topological polar surface area (TPSA) is 89.1 Å². The molecule has 0 aliphatic heterocycles. The summed E-state index contributed by atoms with van der Waals surface area (Å²) in [6.07, 6.45) is 0.720. The molecule has 0 radical (unpaired) electrons. The van der Waals surface area contributed by atoms with Crippen LogP contribution >= 0.6 is 11.6 Å². The second-order valence-electron chi connectivity index (χ2n) is 7.42. The molecule has 0 unspecified atom stereocenters. The number of methoxy groups -OCH3 is 1. The molecule has 0 saturated heterocycles. The average molecular weight is 465 g/mol.